The Morgan fingerprint density at radius 2 is 1.58 bits per heavy atom. The molecule has 0 atom stereocenters. The smallest absolute Gasteiger partial charge is 0.282 e. The first-order chi connectivity index (χ1) is 14.9. The van der Waals surface area contributed by atoms with E-state index in [2.05, 4.69) is 5.32 Å². The Morgan fingerprint density at radius 1 is 0.871 bits per heavy atom. The van der Waals surface area contributed by atoms with Crippen molar-refractivity contribution in [2.45, 2.75) is 13.8 Å². The highest BCUT2D eigenvalue weighted by molar-refractivity contribution is 6.46. The van der Waals surface area contributed by atoms with Gasteiger partial charge < -0.3 is 10.1 Å². The minimum Gasteiger partial charge on any atom is -0.497 e. The van der Waals surface area contributed by atoms with Gasteiger partial charge in [-0.15, -0.1) is 0 Å². The standard InChI is InChI=1S/C25H21ClN2O3/c1-15-8-11-18(14-20(15)26)27-23-22(17-9-12-19(31-3)13-10-17)24(29)28(25(23)30)21-7-5-4-6-16(21)2/h4-14,27H,1-3H3. The lowest BCUT2D eigenvalue weighted by Crippen LogP contribution is -2.33. The van der Waals surface area contributed by atoms with Crippen LogP contribution < -0.4 is 15.0 Å². The minimum atomic E-state index is -0.415. The molecule has 3 aromatic carbocycles. The number of hydrogen-bond donors (Lipinski definition) is 1. The number of nitrogens with one attached hydrogen (secondary N) is 1. The Bertz CT molecular complexity index is 1220. The van der Waals surface area contributed by atoms with Gasteiger partial charge in [-0.25, -0.2) is 4.90 Å². The quantitative estimate of drug-likeness (QED) is 0.551. The number of benzene rings is 3. The molecule has 1 aliphatic rings. The second-order valence-corrected chi connectivity index (χ2v) is 7.71. The number of amides is 2. The molecule has 1 N–H and O–H groups in total. The van der Waals surface area contributed by atoms with Crippen LogP contribution in [-0.4, -0.2) is 18.9 Å². The third kappa shape index (κ3) is 3.80. The molecule has 31 heavy (non-hydrogen) atoms. The molecule has 0 radical (unpaired) electrons. The van der Waals surface area contributed by atoms with E-state index in [0.717, 1.165) is 11.1 Å². The molecule has 0 aromatic heterocycles. The topological polar surface area (TPSA) is 58.6 Å². The second-order valence-electron chi connectivity index (χ2n) is 7.30. The van der Waals surface area contributed by atoms with E-state index in [4.69, 9.17) is 16.3 Å². The molecule has 0 aliphatic carbocycles. The zero-order valence-corrected chi connectivity index (χ0v) is 18.2. The van der Waals surface area contributed by atoms with Gasteiger partial charge in [-0.3, -0.25) is 9.59 Å². The van der Waals surface area contributed by atoms with Crippen LogP contribution in [0, 0.1) is 13.8 Å². The number of ether oxygens (including phenoxy) is 1. The predicted octanol–water partition coefficient (Wildman–Crippen LogP) is 5.36. The van der Waals surface area contributed by atoms with Crippen LogP contribution in [0.2, 0.25) is 5.02 Å². The van der Waals surface area contributed by atoms with Gasteiger partial charge >= 0.3 is 0 Å². The lowest BCUT2D eigenvalue weighted by molar-refractivity contribution is -0.120. The van der Waals surface area contributed by atoms with Crippen molar-refractivity contribution in [3.8, 4) is 5.75 Å². The monoisotopic (exact) mass is 432 g/mol. The van der Waals surface area contributed by atoms with Crippen LogP contribution >= 0.6 is 11.6 Å². The molecule has 1 heterocycles. The molecule has 0 fully saturated rings. The van der Waals surface area contributed by atoms with Crippen LogP contribution in [0.15, 0.2) is 72.4 Å². The average molecular weight is 433 g/mol. The van der Waals surface area contributed by atoms with E-state index >= 15 is 0 Å². The number of halogens is 1. The summed E-state index contributed by atoms with van der Waals surface area (Å²) in [6, 6.07) is 19.8. The van der Waals surface area contributed by atoms with Gasteiger partial charge in [0.15, 0.2) is 0 Å². The van der Waals surface area contributed by atoms with E-state index in [1.807, 2.05) is 38.1 Å². The highest BCUT2D eigenvalue weighted by Crippen LogP contribution is 2.36. The van der Waals surface area contributed by atoms with Crippen molar-refractivity contribution in [3.63, 3.8) is 0 Å². The fourth-order valence-electron chi connectivity index (χ4n) is 3.52. The number of anilines is 2. The van der Waals surface area contributed by atoms with E-state index in [0.29, 0.717) is 33.3 Å². The number of aryl methyl sites for hydroxylation is 2. The van der Waals surface area contributed by atoms with Crippen molar-refractivity contribution in [1.82, 2.24) is 0 Å². The number of carbonyl (C=O) groups excluding carboxylic acids is 2. The minimum absolute atomic E-state index is 0.207. The van der Waals surface area contributed by atoms with Gasteiger partial charge in [0.2, 0.25) is 0 Å². The number of methoxy groups -OCH3 is 1. The Morgan fingerprint density at radius 3 is 2.23 bits per heavy atom. The summed E-state index contributed by atoms with van der Waals surface area (Å²) in [5.41, 5.74) is 4.07. The maximum atomic E-state index is 13.5. The van der Waals surface area contributed by atoms with Crippen molar-refractivity contribution < 1.29 is 14.3 Å². The van der Waals surface area contributed by atoms with Gasteiger partial charge in [-0.05, 0) is 60.9 Å². The average Bonchev–Trinajstić information content (AvgIpc) is 3.01. The number of para-hydroxylation sites is 1. The summed E-state index contributed by atoms with van der Waals surface area (Å²) in [4.78, 5) is 28.2. The highest BCUT2D eigenvalue weighted by atomic mass is 35.5. The zero-order chi connectivity index (χ0) is 22.1. The Kier molecular flexibility index (Phi) is 5.53. The van der Waals surface area contributed by atoms with Gasteiger partial charge in [-0.1, -0.05) is 48.0 Å². The lowest BCUT2D eigenvalue weighted by Gasteiger charge is -2.17. The number of nitrogens with zero attached hydrogens (tertiary/aromatic N) is 1. The van der Waals surface area contributed by atoms with Crippen LogP contribution in [0.3, 0.4) is 0 Å². The van der Waals surface area contributed by atoms with Crippen molar-refractivity contribution in [2.75, 3.05) is 17.3 Å². The molecule has 4 rings (SSSR count). The maximum Gasteiger partial charge on any atom is 0.282 e. The Hall–Kier alpha value is -3.57. The fourth-order valence-corrected chi connectivity index (χ4v) is 3.70. The molecule has 0 saturated carbocycles. The zero-order valence-electron chi connectivity index (χ0n) is 17.4. The molecule has 0 saturated heterocycles. The van der Waals surface area contributed by atoms with Gasteiger partial charge in [0.1, 0.15) is 11.4 Å². The molecule has 5 nitrogen and oxygen atoms in total. The molecule has 156 valence electrons. The summed E-state index contributed by atoms with van der Waals surface area (Å²) in [5.74, 6) is -0.135. The van der Waals surface area contributed by atoms with Crippen LogP contribution in [0.1, 0.15) is 16.7 Å². The first-order valence-electron chi connectivity index (χ1n) is 9.77. The number of imide groups is 1. The molecule has 6 heteroatoms. The SMILES string of the molecule is COc1ccc(C2=C(Nc3ccc(C)c(Cl)c3)C(=O)N(c3ccccc3C)C2=O)cc1. The Labute approximate surface area is 185 Å². The molecule has 3 aromatic rings. The molecule has 2 amide bonds. The van der Waals surface area contributed by atoms with E-state index in [1.165, 1.54) is 4.90 Å². The molecule has 0 unspecified atom stereocenters. The summed E-state index contributed by atoms with van der Waals surface area (Å²) in [7, 11) is 1.58. The number of hydrogen-bond acceptors (Lipinski definition) is 4. The molecule has 1 aliphatic heterocycles. The first kappa shape index (κ1) is 20.7. The van der Waals surface area contributed by atoms with Crippen molar-refractivity contribution >= 4 is 40.4 Å². The van der Waals surface area contributed by atoms with E-state index in [9.17, 15) is 9.59 Å². The first-order valence-corrected chi connectivity index (χ1v) is 10.1. The Balaban J connectivity index is 1.83. The summed E-state index contributed by atoms with van der Waals surface area (Å²) >= 11 is 6.26. The van der Waals surface area contributed by atoms with Crippen LogP contribution in [0.4, 0.5) is 11.4 Å². The van der Waals surface area contributed by atoms with Gasteiger partial charge in [-0.2, -0.15) is 0 Å². The summed E-state index contributed by atoms with van der Waals surface area (Å²) < 4.78 is 5.22. The van der Waals surface area contributed by atoms with Crippen molar-refractivity contribution in [2.24, 2.45) is 0 Å². The fraction of sp³-hybridized carbons (Fsp3) is 0.120. The molecule has 0 spiro atoms. The largest absolute Gasteiger partial charge is 0.497 e. The predicted molar refractivity (Wildman–Crippen MR) is 123 cm³/mol. The molecular formula is C25H21ClN2O3. The van der Waals surface area contributed by atoms with E-state index < -0.39 is 5.91 Å². The third-order valence-electron chi connectivity index (χ3n) is 5.26. The normalized spacial score (nSPS) is 13.7. The van der Waals surface area contributed by atoms with E-state index in [1.54, 1.807) is 49.6 Å². The lowest BCUT2D eigenvalue weighted by atomic mass is 10.0. The van der Waals surface area contributed by atoms with Gasteiger partial charge in [0, 0.05) is 10.7 Å². The number of carbonyl (C=O) groups is 2. The summed E-state index contributed by atoms with van der Waals surface area (Å²) in [5, 5.41) is 3.71. The van der Waals surface area contributed by atoms with Crippen LogP contribution in [-0.2, 0) is 9.59 Å². The van der Waals surface area contributed by atoms with Gasteiger partial charge in [0.25, 0.3) is 11.8 Å². The van der Waals surface area contributed by atoms with Gasteiger partial charge in [0.05, 0.1) is 18.4 Å². The second kappa shape index (κ2) is 8.28. The van der Waals surface area contributed by atoms with E-state index in [-0.39, 0.29) is 11.6 Å². The highest BCUT2D eigenvalue weighted by Gasteiger charge is 2.40. The number of rotatable bonds is 5. The maximum absolute atomic E-state index is 13.5. The summed E-state index contributed by atoms with van der Waals surface area (Å²) in [6.07, 6.45) is 0. The third-order valence-corrected chi connectivity index (χ3v) is 5.67. The van der Waals surface area contributed by atoms with Crippen LogP contribution in [0.25, 0.3) is 5.57 Å². The van der Waals surface area contributed by atoms with Crippen LogP contribution in [0.5, 0.6) is 5.75 Å². The van der Waals surface area contributed by atoms with Crippen molar-refractivity contribution in [3.05, 3.63) is 94.1 Å². The summed E-state index contributed by atoms with van der Waals surface area (Å²) in [6.45, 7) is 3.77. The molecular weight excluding hydrogens is 412 g/mol. The molecule has 0 bridgehead atoms. The van der Waals surface area contributed by atoms with Crippen molar-refractivity contribution in [1.29, 1.82) is 0 Å².